The normalized spacial score (nSPS) is 25.8. The molecule has 3 fully saturated rings. The predicted octanol–water partition coefficient (Wildman–Crippen LogP) is 0.667. The van der Waals surface area contributed by atoms with Crippen molar-refractivity contribution in [2.75, 3.05) is 44.7 Å². The van der Waals surface area contributed by atoms with Crippen LogP contribution in [0, 0.1) is 11.6 Å². The maximum absolute atomic E-state index is 13.8. The molecule has 3 heterocycles. The highest BCUT2D eigenvalue weighted by Gasteiger charge is 2.43. The van der Waals surface area contributed by atoms with Gasteiger partial charge in [0.2, 0.25) is 11.8 Å². The van der Waals surface area contributed by atoms with Crippen molar-refractivity contribution in [3.8, 4) is 0 Å². The van der Waals surface area contributed by atoms with Crippen LogP contribution in [0.2, 0.25) is 0 Å². The zero-order chi connectivity index (χ0) is 22.7. The minimum atomic E-state index is -0.867. The largest absolute Gasteiger partial charge is 0.378 e. The van der Waals surface area contributed by atoms with Crippen molar-refractivity contribution in [3.05, 3.63) is 29.8 Å². The highest BCUT2D eigenvalue weighted by Crippen LogP contribution is 2.26. The fourth-order valence-electron chi connectivity index (χ4n) is 4.54. The van der Waals surface area contributed by atoms with E-state index in [0.717, 1.165) is 12.1 Å². The Morgan fingerprint density at radius 1 is 1.22 bits per heavy atom. The molecule has 1 aromatic carbocycles. The number of nitrogens with one attached hydrogen (secondary N) is 3. The van der Waals surface area contributed by atoms with Crippen LogP contribution >= 0.6 is 0 Å². The van der Waals surface area contributed by atoms with E-state index in [4.69, 9.17) is 4.74 Å². The molecule has 0 spiro atoms. The van der Waals surface area contributed by atoms with Crippen LogP contribution in [0.15, 0.2) is 18.2 Å². The monoisotopic (exact) mass is 451 g/mol. The lowest BCUT2D eigenvalue weighted by molar-refractivity contribution is -0.136. The molecule has 0 bridgehead atoms. The van der Waals surface area contributed by atoms with Crippen molar-refractivity contribution in [1.82, 2.24) is 20.4 Å². The summed E-state index contributed by atoms with van der Waals surface area (Å²) < 4.78 is 32.1. The maximum atomic E-state index is 13.8. The fraction of sp³-hybridized carbons (Fsp3) is 0.571. The number of morpholine rings is 1. The van der Waals surface area contributed by atoms with Gasteiger partial charge < -0.3 is 25.6 Å². The average Bonchev–Trinajstić information content (AvgIpc) is 3.20. The number of hydrogen-bond donors (Lipinski definition) is 3. The van der Waals surface area contributed by atoms with E-state index in [1.807, 2.05) is 4.90 Å². The van der Waals surface area contributed by atoms with Crippen LogP contribution in [0.3, 0.4) is 0 Å². The SMILES string of the molecule is O=C(Nc1ccc(F)cc1F)NC1CC2C(=O)NCC(CCC(=O)N3CCOCC3)N2C1. The Kier molecular flexibility index (Phi) is 6.85. The number of benzene rings is 1. The van der Waals surface area contributed by atoms with Crippen LogP contribution in [-0.2, 0) is 14.3 Å². The molecule has 9 nitrogen and oxygen atoms in total. The fourth-order valence-corrected chi connectivity index (χ4v) is 4.54. The molecule has 4 rings (SSSR count). The zero-order valence-corrected chi connectivity index (χ0v) is 17.6. The van der Waals surface area contributed by atoms with E-state index in [2.05, 4.69) is 16.0 Å². The molecule has 0 saturated carbocycles. The summed E-state index contributed by atoms with van der Waals surface area (Å²) in [7, 11) is 0. The molecule has 3 unspecified atom stereocenters. The lowest BCUT2D eigenvalue weighted by Gasteiger charge is -2.37. The number of nitrogens with zero attached hydrogens (tertiary/aromatic N) is 2. The molecular formula is C21H27F2N5O4. The van der Waals surface area contributed by atoms with Gasteiger partial charge >= 0.3 is 6.03 Å². The molecule has 3 aliphatic heterocycles. The second-order valence-electron chi connectivity index (χ2n) is 8.30. The number of amides is 4. The van der Waals surface area contributed by atoms with Gasteiger partial charge in [-0.25, -0.2) is 13.6 Å². The number of anilines is 1. The highest BCUT2D eigenvalue weighted by atomic mass is 19.1. The molecule has 3 N–H and O–H groups in total. The molecule has 3 aliphatic rings. The van der Waals surface area contributed by atoms with Gasteiger partial charge in [-0.1, -0.05) is 0 Å². The summed E-state index contributed by atoms with van der Waals surface area (Å²) in [5.41, 5.74) is -0.128. The first-order valence-corrected chi connectivity index (χ1v) is 10.8. The van der Waals surface area contributed by atoms with Crippen molar-refractivity contribution < 1.29 is 27.9 Å². The molecular weight excluding hydrogens is 424 g/mol. The number of fused-ring (bicyclic) bond motifs is 1. The van der Waals surface area contributed by atoms with Crippen molar-refractivity contribution in [1.29, 1.82) is 0 Å². The second-order valence-corrected chi connectivity index (χ2v) is 8.30. The lowest BCUT2D eigenvalue weighted by atomic mass is 10.0. The van der Waals surface area contributed by atoms with Crippen molar-refractivity contribution >= 4 is 23.5 Å². The van der Waals surface area contributed by atoms with E-state index in [1.165, 1.54) is 0 Å². The summed E-state index contributed by atoms with van der Waals surface area (Å²) in [5, 5.41) is 8.03. The number of carbonyl (C=O) groups is 3. The second kappa shape index (κ2) is 9.78. The maximum Gasteiger partial charge on any atom is 0.319 e. The Bertz CT molecular complexity index is 880. The van der Waals surface area contributed by atoms with Gasteiger partial charge in [-0.15, -0.1) is 0 Å². The van der Waals surface area contributed by atoms with Gasteiger partial charge in [0, 0.05) is 50.7 Å². The molecule has 0 radical (unpaired) electrons. The standard InChI is InChI=1S/C21H27F2N5O4/c22-13-1-3-17(16(23)9-13)26-21(31)25-14-10-18-20(30)24-11-15(28(18)12-14)2-4-19(29)27-5-7-32-8-6-27/h1,3,9,14-15,18H,2,4-8,10-12H2,(H,24,30)(H2,25,26,31). The third kappa shape index (κ3) is 5.16. The number of rotatable bonds is 5. The van der Waals surface area contributed by atoms with Crippen LogP contribution in [-0.4, -0.2) is 85.2 Å². The molecule has 0 aromatic heterocycles. The molecule has 32 heavy (non-hydrogen) atoms. The summed E-state index contributed by atoms with van der Waals surface area (Å²) in [5.74, 6) is -1.62. The number of carbonyl (C=O) groups excluding carboxylic acids is 3. The Morgan fingerprint density at radius 3 is 2.75 bits per heavy atom. The van der Waals surface area contributed by atoms with Gasteiger partial charge in [-0.3, -0.25) is 14.5 Å². The summed E-state index contributed by atoms with van der Waals surface area (Å²) >= 11 is 0. The molecule has 3 atom stereocenters. The van der Waals surface area contributed by atoms with Crippen molar-refractivity contribution in [2.45, 2.75) is 37.4 Å². The van der Waals surface area contributed by atoms with Gasteiger partial charge in [0.25, 0.3) is 0 Å². The lowest BCUT2D eigenvalue weighted by Crippen LogP contribution is -2.58. The summed E-state index contributed by atoms with van der Waals surface area (Å²) in [6, 6.07) is 1.56. The van der Waals surface area contributed by atoms with Gasteiger partial charge in [0.05, 0.1) is 24.9 Å². The minimum absolute atomic E-state index is 0.00732. The number of piperazine rings is 1. The molecule has 11 heteroatoms. The summed E-state index contributed by atoms with van der Waals surface area (Å²) in [6.07, 6.45) is 1.40. The van der Waals surface area contributed by atoms with Crippen LogP contribution in [0.5, 0.6) is 0 Å². The van der Waals surface area contributed by atoms with Gasteiger partial charge in [-0.05, 0) is 25.0 Å². The Labute approximate surface area is 184 Å². The molecule has 4 amide bonds. The van der Waals surface area contributed by atoms with E-state index in [-0.39, 0.29) is 35.6 Å². The smallest absolute Gasteiger partial charge is 0.319 e. The van der Waals surface area contributed by atoms with Crippen molar-refractivity contribution in [3.63, 3.8) is 0 Å². The molecule has 1 aromatic rings. The van der Waals surface area contributed by atoms with Crippen LogP contribution < -0.4 is 16.0 Å². The van der Waals surface area contributed by atoms with E-state index < -0.39 is 17.7 Å². The van der Waals surface area contributed by atoms with Gasteiger partial charge in [-0.2, -0.15) is 0 Å². The summed E-state index contributed by atoms with van der Waals surface area (Å²) in [6.45, 7) is 3.21. The Hall–Kier alpha value is -2.79. The van der Waals surface area contributed by atoms with E-state index in [9.17, 15) is 23.2 Å². The van der Waals surface area contributed by atoms with E-state index >= 15 is 0 Å². The van der Waals surface area contributed by atoms with E-state index in [0.29, 0.717) is 64.7 Å². The first-order chi connectivity index (χ1) is 15.4. The van der Waals surface area contributed by atoms with Crippen LogP contribution in [0.1, 0.15) is 19.3 Å². The quantitative estimate of drug-likeness (QED) is 0.611. The minimum Gasteiger partial charge on any atom is -0.378 e. The number of halogens is 2. The molecule has 3 saturated heterocycles. The third-order valence-electron chi connectivity index (χ3n) is 6.19. The zero-order valence-electron chi connectivity index (χ0n) is 17.6. The van der Waals surface area contributed by atoms with E-state index in [1.54, 1.807) is 4.90 Å². The number of urea groups is 1. The topological polar surface area (TPSA) is 103 Å². The van der Waals surface area contributed by atoms with Crippen molar-refractivity contribution in [2.24, 2.45) is 0 Å². The van der Waals surface area contributed by atoms with Crippen LogP contribution in [0.25, 0.3) is 0 Å². The Morgan fingerprint density at radius 2 is 2.00 bits per heavy atom. The summed E-state index contributed by atoms with van der Waals surface area (Å²) in [4.78, 5) is 41.0. The predicted molar refractivity (Wildman–Crippen MR) is 111 cm³/mol. The molecule has 0 aliphatic carbocycles. The number of ether oxygens (including phenoxy) is 1. The number of hydrogen-bond acceptors (Lipinski definition) is 5. The highest BCUT2D eigenvalue weighted by molar-refractivity contribution is 5.90. The third-order valence-corrected chi connectivity index (χ3v) is 6.19. The molecule has 174 valence electrons. The van der Waals surface area contributed by atoms with Gasteiger partial charge in [0.1, 0.15) is 11.6 Å². The Balaban J connectivity index is 1.31. The first-order valence-electron chi connectivity index (χ1n) is 10.8. The van der Waals surface area contributed by atoms with Gasteiger partial charge in [0.15, 0.2) is 0 Å². The van der Waals surface area contributed by atoms with Crippen LogP contribution in [0.4, 0.5) is 19.3 Å². The average molecular weight is 451 g/mol. The first kappa shape index (κ1) is 22.4.